The molecule has 1 aliphatic rings. The van der Waals surface area contributed by atoms with Crippen LogP contribution in [0.1, 0.15) is 36.9 Å². The third-order valence-corrected chi connectivity index (χ3v) is 3.74. The quantitative estimate of drug-likeness (QED) is 0.837. The molecule has 2 rings (SSSR count). The maximum Gasteiger partial charge on any atom is 0.265 e. The predicted octanol–water partition coefficient (Wildman–Crippen LogP) is 1.32. The van der Waals surface area contributed by atoms with Crippen LogP contribution in [0.15, 0.2) is 6.07 Å². The van der Waals surface area contributed by atoms with Crippen molar-refractivity contribution in [3.63, 3.8) is 0 Å². The Kier molecular flexibility index (Phi) is 4.04. The Balaban J connectivity index is 2.06. The van der Waals surface area contributed by atoms with Crippen LogP contribution in [0.2, 0.25) is 0 Å². The average Bonchev–Trinajstić information content (AvgIpc) is 2.68. The summed E-state index contributed by atoms with van der Waals surface area (Å²) in [5, 5.41) is 4.35. The first-order valence-corrected chi connectivity index (χ1v) is 7.68. The van der Waals surface area contributed by atoms with Crippen LogP contribution in [0, 0.1) is 6.92 Å². The van der Waals surface area contributed by atoms with Crippen LogP contribution in [-0.2, 0) is 21.3 Å². The number of nitrogens with zero attached hydrogens (tertiary/aromatic N) is 2. The van der Waals surface area contributed by atoms with Gasteiger partial charge in [-0.1, -0.05) is 0 Å². The lowest BCUT2D eigenvalue weighted by atomic mass is 10.2. The summed E-state index contributed by atoms with van der Waals surface area (Å²) < 4.78 is 37.5. The summed E-state index contributed by atoms with van der Waals surface area (Å²) in [5.41, 5.74) is 1.62. The van der Waals surface area contributed by atoms with Crippen molar-refractivity contribution >= 4 is 10.1 Å². The minimum atomic E-state index is -3.93. The van der Waals surface area contributed by atoms with E-state index in [0.717, 1.165) is 31.6 Å². The molecule has 0 bridgehead atoms. The van der Waals surface area contributed by atoms with Gasteiger partial charge >= 0.3 is 0 Å². The number of rotatable bonds is 4. The summed E-state index contributed by atoms with van der Waals surface area (Å²) in [6.07, 6.45) is 3.30. The minimum Gasteiger partial charge on any atom is -0.357 e. The summed E-state index contributed by atoms with van der Waals surface area (Å²) in [4.78, 5) is 0. The lowest BCUT2D eigenvalue weighted by molar-refractivity contribution is -0.0408. The fraction of sp³-hybridized carbons (Fsp3) is 0.727. The Hall–Kier alpha value is -0.920. The Labute approximate surface area is 107 Å². The maximum atomic E-state index is 10.7. The van der Waals surface area contributed by atoms with Crippen molar-refractivity contribution < 1.29 is 17.7 Å². The first kappa shape index (κ1) is 13.5. The summed E-state index contributed by atoms with van der Waals surface area (Å²) >= 11 is 0. The molecule has 1 N–H and O–H groups in total. The first-order chi connectivity index (χ1) is 8.46. The van der Waals surface area contributed by atoms with Crippen molar-refractivity contribution in [3.05, 3.63) is 17.5 Å². The molecule has 1 unspecified atom stereocenters. The standard InChI is InChI=1S/C11H18N2O4S/c1-9-8-10(5-7-18(14,15)16)12-13(9)11-4-2-3-6-17-11/h8,11H,2-7H2,1H3,(H,14,15,16). The molecule has 1 aromatic rings. The highest BCUT2D eigenvalue weighted by Crippen LogP contribution is 2.23. The van der Waals surface area contributed by atoms with E-state index in [0.29, 0.717) is 5.69 Å². The van der Waals surface area contributed by atoms with Crippen molar-refractivity contribution in [2.24, 2.45) is 0 Å². The molecule has 0 spiro atoms. The molecule has 0 aliphatic carbocycles. The second-order valence-corrected chi connectivity index (χ2v) is 6.15. The molecule has 1 aromatic heterocycles. The molecule has 7 heteroatoms. The predicted molar refractivity (Wildman–Crippen MR) is 65.9 cm³/mol. The van der Waals surface area contributed by atoms with Crippen LogP contribution in [0.3, 0.4) is 0 Å². The Morgan fingerprint density at radius 1 is 1.56 bits per heavy atom. The van der Waals surface area contributed by atoms with Crippen molar-refractivity contribution in [1.29, 1.82) is 0 Å². The van der Waals surface area contributed by atoms with E-state index in [1.54, 1.807) is 4.68 Å². The molecular weight excluding hydrogens is 256 g/mol. The van der Waals surface area contributed by atoms with E-state index in [1.807, 2.05) is 13.0 Å². The second-order valence-electron chi connectivity index (χ2n) is 4.58. The van der Waals surface area contributed by atoms with E-state index in [9.17, 15) is 8.42 Å². The van der Waals surface area contributed by atoms with E-state index in [2.05, 4.69) is 5.10 Å². The van der Waals surface area contributed by atoms with Gasteiger partial charge in [-0.15, -0.1) is 0 Å². The molecule has 0 amide bonds. The molecule has 1 atom stereocenters. The third kappa shape index (κ3) is 3.54. The zero-order chi connectivity index (χ0) is 13.2. The smallest absolute Gasteiger partial charge is 0.265 e. The van der Waals surface area contributed by atoms with Crippen molar-refractivity contribution in [2.45, 2.75) is 38.8 Å². The molecule has 6 nitrogen and oxygen atoms in total. The Morgan fingerprint density at radius 2 is 2.33 bits per heavy atom. The summed E-state index contributed by atoms with van der Waals surface area (Å²) in [7, 11) is -3.93. The topological polar surface area (TPSA) is 81.4 Å². The maximum absolute atomic E-state index is 10.7. The molecule has 0 saturated carbocycles. The zero-order valence-electron chi connectivity index (χ0n) is 10.4. The SMILES string of the molecule is Cc1cc(CCS(=O)(=O)O)nn1C1CCCCO1. The van der Waals surface area contributed by atoms with Crippen molar-refractivity contribution in [1.82, 2.24) is 9.78 Å². The van der Waals surface area contributed by atoms with Crippen LogP contribution in [0.25, 0.3) is 0 Å². The number of aromatic nitrogens is 2. The van der Waals surface area contributed by atoms with Gasteiger partial charge in [-0.05, 0) is 32.3 Å². The van der Waals surface area contributed by atoms with Crippen LogP contribution < -0.4 is 0 Å². The van der Waals surface area contributed by atoms with Gasteiger partial charge in [0.05, 0.1) is 11.4 Å². The van der Waals surface area contributed by atoms with E-state index < -0.39 is 10.1 Å². The van der Waals surface area contributed by atoms with Gasteiger partial charge in [0.1, 0.15) is 6.23 Å². The van der Waals surface area contributed by atoms with Gasteiger partial charge in [0, 0.05) is 18.7 Å². The van der Waals surface area contributed by atoms with Gasteiger partial charge in [-0.3, -0.25) is 4.55 Å². The second kappa shape index (κ2) is 5.38. The summed E-state index contributed by atoms with van der Waals surface area (Å²) in [5.74, 6) is -0.297. The lowest BCUT2D eigenvalue weighted by Crippen LogP contribution is -2.20. The van der Waals surface area contributed by atoms with Crippen molar-refractivity contribution in [2.75, 3.05) is 12.4 Å². The van der Waals surface area contributed by atoms with Gasteiger partial charge in [0.15, 0.2) is 0 Å². The molecule has 18 heavy (non-hydrogen) atoms. The molecule has 2 heterocycles. The van der Waals surface area contributed by atoms with E-state index in [1.165, 1.54) is 0 Å². The lowest BCUT2D eigenvalue weighted by Gasteiger charge is -2.23. The third-order valence-electron chi connectivity index (χ3n) is 3.02. The largest absolute Gasteiger partial charge is 0.357 e. The first-order valence-electron chi connectivity index (χ1n) is 6.07. The number of hydrogen-bond acceptors (Lipinski definition) is 4. The fourth-order valence-corrected chi connectivity index (χ4v) is 2.58. The van der Waals surface area contributed by atoms with Gasteiger partial charge in [-0.2, -0.15) is 13.5 Å². The van der Waals surface area contributed by atoms with Crippen LogP contribution in [-0.4, -0.2) is 35.1 Å². The number of aryl methyl sites for hydroxylation is 2. The molecule has 102 valence electrons. The normalized spacial score (nSPS) is 21.1. The molecule has 0 aromatic carbocycles. The van der Waals surface area contributed by atoms with E-state index in [4.69, 9.17) is 9.29 Å². The monoisotopic (exact) mass is 274 g/mol. The molecule has 1 aliphatic heterocycles. The van der Waals surface area contributed by atoms with Crippen LogP contribution in [0.5, 0.6) is 0 Å². The molecule has 1 saturated heterocycles. The Bertz CT molecular complexity index is 503. The summed E-state index contributed by atoms with van der Waals surface area (Å²) in [6, 6.07) is 1.84. The van der Waals surface area contributed by atoms with Gasteiger partial charge in [0.25, 0.3) is 10.1 Å². The van der Waals surface area contributed by atoms with Crippen LogP contribution in [0.4, 0.5) is 0 Å². The highest BCUT2D eigenvalue weighted by Gasteiger charge is 2.19. The number of hydrogen-bond donors (Lipinski definition) is 1. The van der Waals surface area contributed by atoms with Crippen molar-refractivity contribution in [3.8, 4) is 0 Å². The minimum absolute atomic E-state index is 0.0433. The summed E-state index contributed by atoms with van der Waals surface area (Å²) in [6.45, 7) is 2.66. The van der Waals surface area contributed by atoms with E-state index >= 15 is 0 Å². The van der Waals surface area contributed by atoms with E-state index in [-0.39, 0.29) is 18.4 Å². The highest BCUT2D eigenvalue weighted by molar-refractivity contribution is 7.85. The van der Waals surface area contributed by atoms with Gasteiger partial charge in [-0.25, -0.2) is 4.68 Å². The average molecular weight is 274 g/mol. The molecule has 0 radical (unpaired) electrons. The van der Waals surface area contributed by atoms with Crippen LogP contribution >= 0.6 is 0 Å². The fourth-order valence-electron chi connectivity index (χ4n) is 2.12. The van der Waals surface area contributed by atoms with Gasteiger partial charge < -0.3 is 4.74 Å². The zero-order valence-corrected chi connectivity index (χ0v) is 11.2. The Morgan fingerprint density at radius 3 is 2.94 bits per heavy atom. The highest BCUT2D eigenvalue weighted by atomic mass is 32.2. The number of ether oxygens (including phenoxy) is 1. The molecule has 1 fully saturated rings. The van der Waals surface area contributed by atoms with Gasteiger partial charge in [0.2, 0.25) is 0 Å². The molecular formula is C11H18N2O4S.